The van der Waals surface area contributed by atoms with E-state index in [4.69, 9.17) is 0 Å². The third kappa shape index (κ3) is 3.18. The number of hydrogen-bond donors (Lipinski definition) is 2. The van der Waals surface area contributed by atoms with Crippen LogP contribution >= 0.6 is 0 Å². The van der Waals surface area contributed by atoms with Gasteiger partial charge in [0, 0.05) is 24.1 Å². The minimum absolute atomic E-state index is 0.0404. The molecule has 0 spiro atoms. The zero-order valence-corrected chi connectivity index (χ0v) is 11.5. The summed E-state index contributed by atoms with van der Waals surface area (Å²) in [6, 6.07) is 4.58. The van der Waals surface area contributed by atoms with Crippen LogP contribution in [0.2, 0.25) is 0 Å². The molecule has 1 heterocycles. The molecule has 0 aliphatic rings. The van der Waals surface area contributed by atoms with Crippen molar-refractivity contribution in [1.82, 2.24) is 15.3 Å². The van der Waals surface area contributed by atoms with Gasteiger partial charge in [0.05, 0.1) is 10.4 Å². The van der Waals surface area contributed by atoms with E-state index in [2.05, 4.69) is 27.5 Å². The highest BCUT2D eigenvalue weighted by Gasteiger charge is 2.11. The molecule has 0 amide bonds. The Bertz CT molecular complexity index is 617. The standard InChI is InChI=1S/C13H17N5O2/c1-9(6-14-2)7-15-13-11-5-10(18(19)20)3-4-12(11)16-8-17-13/h3-5,8-9,14H,6-7H2,1-2H3,(H,15,16,17). The van der Waals surface area contributed by atoms with Gasteiger partial charge in [0.15, 0.2) is 0 Å². The predicted molar refractivity (Wildman–Crippen MR) is 77.8 cm³/mol. The van der Waals surface area contributed by atoms with E-state index in [-0.39, 0.29) is 5.69 Å². The highest BCUT2D eigenvalue weighted by atomic mass is 16.6. The van der Waals surface area contributed by atoms with E-state index in [0.717, 1.165) is 13.1 Å². The van der Waals surface area contributed by atoms with Crippen molar-refractivity contribution in [3.63, 3.8) is 0 Å². The number of aromatic nitrogens is 2. The molecule has 2 rings (SSSR count). The zero-order chi connectivity index (χ0) is 14.5. The van der Waals surface area contributed by atoms with E-state index in [0.29, 0.717) is 22.6 Å². The van der Waals surface area contributed by atoms with Crippen molar-refractivity contribution in [3.05, 3.63) is 34.6 Å². The first-order valence-corrected chi connectivity index (χ1v) is 6.39. The molecule has 1 atom stereocenters. The molecule has 106 valence electrons. The lowest BCUT2D eigenvalue weighted by Gasteiger charge is -2.13. The first kappa shape index (κ1) is 14.1. The van der Waals surface area contributed by atoms with Crippen LogP contribution in [-0.2, 0) is 0 Å². The Morgan fingerprint density at radius 1 is 1.35 bits per heavy atom. The second kappa shape index (κ2) is 6.25. The van der Waals surface area contributed by atoms with Crippen LogP contribution in [-0.4, -0.2) is 35.0 Å². The molecule has 0 aliphatic carbocycles. The Morgan fingerprint density at radius 2 is 2.15 bits per heavy atom. The Labute approximate surface area is 116 Å². The van der Waals surface area contributed by atoms with E-state index in [1.807, 2.05) is 7.05 Å². The molecule has 7 heteroatoms. The van der Waals surface area contributed by atoms with Crippen LogP contribution in [0.1, 0.15) is 6.92 Å². The number of nitrogens with one attached hydrogen (secondary N) is 2. The van der Waals surface area contributed by atoms with E-state index in [1.54, 1.807) is 6.07 Å². The van der Waals surface area contributed by atoms with Crippen LogP contribution in [0, 0.1) is 16.0 Å². The molecule has 0 aliphatic heterocycles. The van der Waals surface area contributed by atoms with Crippen molar-refractivity contribution in [1.29, 1.82) is 0 Å². The normalized spacial score (nSPS) is 12.3. The lowest BCUT2D eigenvalue weighted by Crippen LogP contribution is -2.23. The monoisotopic (exact) mass is 275 g/mol. The maximum Gasteiger partial charge on any atom is 0.270 e. The summed E-state index contributed by atoms with van der Waals surface area (Å²) in [6.07, 6.45) is 1.46. The van der Waals surface area contributed by atoms with Crippen LogP contribution in [0.4, 0.5) is 11.5 Å². The second-order valence-electron chi connectivity index (χ2n) is 4.72. The first-order valence-electron chi connectivity index (χ1n) is 6.39. The van der Waals surface area contributed by atoms with Gasteiger partial charge in [-0.25, -0.2) is 9.97 Å². The maximum absolute atomic E-state index is 10.8. The van der Waals surface area contributed by atoms with E-state index < -0.39 is 4.92 Å². The summed E-state index contributed by atoms with van der Waals surface area (Å²) >= 11 is 0. The largest absolute Gasteiger partial charge is 0.369 e. The zero-order valence-electron chi connectivity index (χ0n) is 11.5. The molecule has 2 N–H and O–H groups in total. The van der Waals surface area contributed by atoms with Crippen LogP contribution in [0.3, 0.4) is 0 Å². The quantitative estimate of drug-likeness (QED) is 0.617. The van der Waals surface area contributed by atoms with Gasteiger partial charge in [-0.1, -0.05) is 6.92 Å². The molecule has 1 aromatic carbocycles. The van der Waals surface area contributed by atoms with Gasteiger partial charge in [-0.05, 0) is 25.6 Å². The number of nitrogens with zero attached hydrogens (tertiary/aromatic N) is 3. The van der Waals surface area contributed by atoms with Crippen molar-refractivity contribution in [3.8, 4) is 0 Å². The minimum atomic E-state index is -0.417. The number of anilines is 1. The smallest absolute Gasteiger partial charge is 0.270 e. The highest BCUT2D eigenvalue weighted by molar-refractivity contribution is 5.90. The van der Waals surface area contributed by atoms with Crippen molar-refractivity contribution < 1.29 is 4.92 Å². The van der Waals surface area contributed by atoms with Crippen molar-refractivity contribution >= 4 is 22.4 Å². The van der Waals surface area contributed by atoms with Crippen molar-refractivity contribution in [2.45, 2.75) is 6.92 Å². The highest BCUT2D eigenvalue weighted by Crippen LogP contribution is 2.24. The summed E-state index contributed by atoms with van der Waals surface area (Å²) in [7, 11) is 1.90. The van der Waals surface area contributed by atoms with Crippen LogP contribution in [0.15, 0.2) is 24.5 Å². The molecule has 7 nitrogen and oxygen atoms in total. The Balaban J connectivity index is 2.27. The fraction of sp³-hybridized carbons (Fsp3) is 0.385. The SMILES string of the molecule is CNCC(C)CNc1ncnc2ccc([N+](=O)[O-])cc12. The average Bonchev–Trinajstić information content (AvgIpc) is 2.44. The number of nitro groups is 1. The Kier molecular flexibility index (Phi) is 4.41. The van der Waals surface area contributed by atoms with Gasteiger partial charge in [0.1, 0.15) is 12.1 Å². The van der Waals surface area contributed by atoms with E-state index in [9.17, 15) is 10.1 Å². The lowest BCUT2D eigenvalue weighted by molar-refractivity contribution is -0.384. The van der Waals surface area contributed by atoms with Gasteiger partial charge >= 0.3 is 0 Å². The molecule has 1 unspecified atom stereocenters. The molecule has 0 saturated heterocycles. The van der Waals surface area contributed by atoms with Crippen molar-refractivity contribution in [2.75, 3.05) is 25.5 Å². The minimum Gasteiger partial charge on any atom is -0.369 e. The predicted octanol–water partition coefficient (Wildman–Crippen LogP) is 1.81. The third-order valence-electron chi connectivity index (χ3n) is 3.00. The third-order valence-corrected chi connectivity index (χ3v) is 3.00. The fourth-order valence-corrected chi connectivity index (χ4v) is 1.99. The Hall–Kier alpha value is -2.28. The molecule has 1 aromatic heterocycles. The maximum atomic E-state index is 10.8. The molecule has 2 aromatic rings. The number of benzene rings is 1. The summed E-state index contributed by atoms with van der Waals surface area (Å²) in [5.41, 5.74) is 0.730. The summed E-state index contributed by atoms with van der Waals surface area (Å²) in [6.45, 7) is 3.72. The molecule has 0 radical (unpaired) electrons. The molecular formula is C13H17N5O2. The average molecular weight is 275 g/mol. The molecular weight excluding hydrogens is 258 g/mol. The lowest BCUT2D eigenvalue weighted by atomic mass is 10.1. The summed E-state index contributed by atoms with van der Waals surface area (Å²) in [5, 5.41) is 17.8. The summed E-state index contributed by atoms with van der Waals surface area (Å²) < 4.78 is 0. The number of non-ortho nitro benzene ring substituents is 1. The second-order valence-corrected chi connectivity index (χ2v) is 4.72. The van der Waals surface area contributed by atoms with Gasteiger partial charge in [-0.2, -0.15) is 0 Å². The fourth-order valence-electron chi connectivity index (χ4n) is 1.99. The summed E-state index contributed by atoms with van der Waals surface area (Å²) in [4.78, 5) is 18.7. The topological polar surface area (TPSA) is 93.0 Å². The molecule has 20 heavy (non-hydrogen) atoms. The van der Waals surface area contributed by atoms with Gasteiger partial charge < -0.3 is 10.6 Å². The van der Waals surface area contributed by atoms with Crippen molar-refractivity contribution in [2.24, 2.45) is 5.92 Å². The number of nitro benzene ring substituents is 1. The Morgan fingerprint density at radius 3 is 2.85 bits per heavy atom. The number of hydrogen-bond acceptors (Lipinski definition) is 6. The molecule has 0 fully saturated rings. The van der Waals surface area contributed by atoms with Gasteiger partial charge in [0.25, 0.3) is 5.69 Å². The van der Waals surface area contributed by atoms with E-state index >= 15 is 0 Å². The van der Waals surface area contributed by atoms with Crippen LogP contribution in [0.25, 0.3) is 10.9 Å². The van der Waals surface area contributed by atoms with Crippen LogP contribution in [0.5, 0.6) is 0 Å². The number of fused-ring (bicyclic) bond motifs is 1. The van der Waals surface area contributed by atoms with E-state index in [1.165, 1.54) is 18.5 Å². The van der Waals surface area contributed by atoms with Gasteiger partial charge in [0.2, 0.25) is 0 Å². The molecule has 0 saturated carbocycles. The summed E-state index contributed by atoms with van der Waals surface area (Å²) in [5.74, 6) is 1.05. The first-order chi connectivity index (χ1) is 9.61. The van der Waals surface area contributed by atoms with Gasteiger partial charge in [-0.3, -0.25) is 10.1 Å². The van der Waals surface area contributed by atoms with Crippen LogP contribution < -0.4 is 10.6 Å². The number of rotatable bonds is 6. The molecule has 0 bridgehead atoms. The van der Waals surface area contributed by atoms with Gasteiger partial charge in [-0.15, -0.1) is 0 Å².